The minimum absolute atomic E-state index is 0.219. The van der Waals surface area contributed by atoms with E-state index in [0.717, 1.165) is 56.9 Å². The number of hydrogen-bond acceptors (Lipinski definition) is 8. The summed E-state index contributed by atoms with van der Waals surface area (Å²) in [7, 11) is 3.66. The van der Waals surface area contributed by atoms with Gasteiger partial charge in [-0.1, -0.05) is 12.1 Å². The van der Waals surface area contributed by atoms with E-state index in [1.54, 1.807) is 24.3 Å². The molecule has 0 aliphatic carbocycles. The number of halogens is 3. The highest BCUT2D eigenvalue weighted by Crippen LogP contribution is 2.39. The summed E-state index contributed by atoms with van der Waals surface area (Å²) in [5.74, 6) is 0.930. The molecule has 0 spiro atoms. The summed E-state index contributed by atoms with van der Waals surface area (Å²) < 4.78 is 48.1. The number of anilines is 5. The van der Waals surface area contributed by atoms with Crippen LogP contribution in [0.5, 0.6) is 5.75 Å². The van der Waals surface area contributed by atoms with E-state index in [1.807, 2.05) is 18.2 Å². The molecule has 1 amide bonds. The lowest BCUT2D eigenvalue weighted by molar-refractivity contribution is -0.137. The predicted octanol–water partition coefficient (Wildman–Crippen LogP) is 5.17. The highest BCUT2D eigenvalue weighted by molar-refractivity contribution is 6.00. The van der Waals surface area contributed by atoms with Crippen LogP contribution >= 0.6 is 0 Å². The zero-order chi connectivity index (χ0) is 30.8. The van der Waals surface area contributed by atoms with Crippen LogP contribution in [0, 0.1) is 5.92 Å². The Hall–Kier alpha value is -4.03. The van der Waals surface area contributed by atoms with Gasteiger partial charge in [0.15, 0.2) is 0 Å². The number of amides is 1. The number of rotatable bonds is 6. The minimum atomic E-state index is -4.65. The molecule has 2 fully saturated rings. The average Bonchev–Trinajstić information content (AvgIpc) is 3.33. The smallest absolute Gasteiger partial charge is 0.419 e. The standard InChI is InChI=1S/C32H38F3N7O2/c1-36-31(43)24-5-3-4-6-26(24)39-27-16-30(37-17-25(27)32(33,34)35)38-22-7-8-28-29(15-22)44-20-21-18-41(13-14-42(28)19-21)23-9-11-40(2)12-10-23/h3-8,15-17,21,23H,9-14,18-20H2,1-2H3,(H,36,43)(H2,37,38,39)/t21-/m0/s1. The summed E-state index contributed by atoms with van der Waals surface area (Å²) >= 11 is 0. The molecule has 1 aromatic heterocycles. The summed E-state index contributed by atoms with van der Waals surface area (Å²) in [5, 5.41) is 8.47. The maximum Gasteiger partial charge on any atom is 0.419 e. The summed E-state index contributed by atoms with van der Waals surface area (Å²) in [5.41, 5.74) is 0.988. The normalized spacial score (nSPS) is 19.8. The first-order valence-electron chi connectivity index (χ1n) is 15.0. The molecule has 0 radical (unpaired) electrons. The van der Waals surface area contributed by atoms with Gasteiger partial charge in [-0.3, -0.25) is 9.69 Å². The molecule has 3 aromatic rings. The number of pyridine rings is 1. The summed E-state index contributed by atoms with van der Waals surface area (Å²) in [6, 6.07) is 14.1. The minimum Gasteiger partial charge on any atom is -0.491 e. The van der Waals surface area contributed by atoms with E-state index >= 15 is 0 Å². The SMILES string of the molecule is CNC(=O)c1ccccc1Nc1cc(Nc2ccc3c(c2)OC[C@@H]2CN3CCN(C3CCN(C)CC3)C2)ncc1C(F)(F)F. The number of benzene rings is 2. The molecule has 44 heavy (non-hydrogen) atoms. The molecule has 2 saturated heterocycles. The van der Waals surface area contributed by atoms with Gasteiger partial charge in [-0.05, 0) is 57.2 Å². The fourth-order valence-electron chi connectivity index (χ4n) is 6.40. The lowest BCUT2D eigenvalue weighted by Crippen LogP contribution is -2.46. The maximum atomic E-state index is 13.9. The van der Waals surface area contributed by atoms with E-state index in [9.17, 15) is 18.0 Å². The average molecular weight is 610 g/mol. The zero-order valence-corrected chi connectivity index (χ0v) is 25.0. The van der Waals surface area contributed by atoms with Gasteiger partial charge in [-0.2, -0.15) is 13.2 Å². The molecule has 12 heteroatoms. The molecule has 0 unspecified atom stereocenters. The largest absolute Gasteiger partial charge is 0.491 e. The molecule has 2 aromatic carbocycles. The lowest BCUT2D eigenvalue weighted by Gasteiger charge is -2.37. The number of para-hydroxylation sites is 1. The van der Waals surface area contributed by atoms with Crippen LogP contribution < -0.4 is 25.6 Å². The molecule has 3 aliphatic heterocycles. The van der Waals surface area contributed by atoms with E-state index in [2.05, 4.69) is 42.7 Å². The number of alkyl halides is 3. The first kappa shape index (κ1) is 30.0. The topological polar surface area (TPSA) is 85.0 Å². The second kappa shape index (κ2) is 12.5. The van der Waals surface area contributed by atoms with E-state index in [4.69, 9.17) is 4.74 Å². The number of ether oxygens (including phenoxy) is 1. The number of carbonyl (C=O) groups is 1. The number of aromatic nitrogens is 1. The molecule has 4 heterocycles. The number of hydrogen-bond donors (Lipinski definition) is 3. The number of fused-ring (bicyclic) bond motifs is 4. The van der Waals surface area contributed by atoms with Crippen molar-refractivity contribution in [1.29, 1.82) is 0 Å². The van der Waals surface area contributed by atoms with Crippen molar-refractivity contribution in [2.75, 3.05) is 75.5 Å². The van der Waals surface area contributed by atoms with Gasteiger partial charge in [0.1, 0.15) is 11.6 Å². The Labute approximate surface area is 255 Å². The predicted molar refractivity (Wildman–Crippen MR) is 165 cm³/mol. The second-order valence-electron chi connectivity index (χ2n) is 11.8. The van der Waals surface area contributed by atoms with Gasteiger partial charge in [0, 0.05) is 69.2 Å². The first-order chi connectivity index (χ1) is 21.2. The van der Waals surface area contributed by atoms with Crippen molar-refractivity contribution in [3.63, 3.8) is 0 Å². The Morgan fingerprint density at radius 2 is 1.77 bits per heavy atom. The van der Waals surface area contributed by atoms with Crippen LogP contribution in [-0.2, 0) is 6.18 Å². The van der Waals surface area contributed by atoms with Crippen molar-refractivity contribution in [3.8, 4) is 5.75 Å². The Bertz CT molecular complexity index is 1490. The Morgan fingerprint density at radius 3 is 2.55 bits per heavy atom. The molecule has 6 rings (SSSR count). The van der Waals surface area contributed by atoms with Crippen molar-refractivity contribution in [1.82, 2.24) is 20.1 Å². The van der Waals surface area contributed by atoms with Gasteiger partial charge in [-0.25, -0.2) is 4.98 Å². The van der Waals surface area contributed by atoms with Crippen molar-refractivity contribution in [2.24, 2.45) is 5.92 Å². The zero-order valence-electron chi connectivity index (χ0n) is 25.0. The molecule has 234 valence electrons. The molecule has 1 atom stereocenters. The number of likely N-dealkylation sites (tertiary alicyclic amines) is 1. The summed E-state index contributed by atoms with van der Waals surface area (Å²) in [4.78, 5) is 23.8. The number of carbonyl (C=O) groups excluding carboxylic acids is 1. The third-order valence-corrected chi connectivity index (χ3v) is 8.76. The molecule has 0 saturated carbocycles. The Morgan fingerprint density at radius 1 is 0.977 bits per heavy atom. The van der Waals surface area contributed by atoms with Crippen LogP contribution in [0.3, 0.4) is 0 Å². The molecular weight excluding hydrogens is 571 g/mol. The van der Waals surface area contributed by atoms with Crippen LogP contribution in [-0.4, -0.2) is 86.7 Å². The van der Waals surface area contributed by atoms with Crippen LogP contribution in [0.15, 0.2) is 54.7 Å². The highest BCUT2D eigenvalue weighted by atomic mass is 19.4. The van der Waals surface area contributed by atoms with Crippen LogP contribution in [0.1, 0.15) is 28.8 Å². The van der Waals surface area contributed by atoms with Gasteiger partial charge in [-0.15, -0.1) is 0 Å². The van der Waals surface area contributed by atoms with Gasteiger partial charge in [0.05, 0.1) is 34.8 Å². The van der Waals surface area contributed by atoms with Crippen LogP contribution in [0.25, 0.3) is 0 Å². The number of piperidine rings is 1. The summed E-state index contributed by atoms with van der Waals surface area (Å²) in [6.07, 6.45) is -1.46. The quantitative estimate of drug-likeness (QED) is 0.353. The van der Waals surface area contributed by atoms with Crippen molar-refractivity contribution in [3.05, 3.63) is 65.9 Å². The highest BCUT2D eigenvalue weighted by Gasteiger charge is 2.35. The van der Waals surface area contributed by atoms with Crippen LogP contribution in [0.4, 0.5) is 41.7 Å². The van der Waals surface area contributed by atoms with Crippen molar-refractivity contribution >= 4 is 34.5 Å². The molecule has 3 N–H and O–H groups in total. The third kappa shape index (κ3) is 6.56. The third-order valence-electron chi connectivity index (χ3n) is 8.76. The fraction of sp³-hybridized carbons (Fsp3) is 0.438. The van der Waals surface area contributed by atoms with E-state index in [1.165, 1.54) is 26.0 Å². The summed E-state index contributed by atoms with van der Waals surface area (Å²) in [6.45, 7) is 6.75. The Kier molecular flexibility index (Phi) is 8.55. The van der Waals surface area contributed by atoms with Gasteiger partial charge in [0.2, 0.25) is 0 Å². The van der Waals surface area contributed by atoms with E-state index in [-0.39, 0.29) is 22.8 Å². The van der Waals surface area contributed by atoms with Gasteiger partial charge in [0.25, 0.3) is 5.91 Å². The number of nitrogens with zero attached hydrogens (tertiary/aromatic N) is 4. The maximum absolute atomic E-state index is 13.9. The van der Waals surface area contributed by atoms with Gasteiger partial charge < -0.3 is 30.5 Å². The van der Waals surface area contributed by atoms with Crippen LogP contribution in [0.2, 0.25) is 0 Å². The fourth-order valence-corrected chi connectivity index (χ4v) is 6.40. The second-order valence-corrected chi connectivity index (χ2v) is 11.8. The first-order valence-corrected chi connectivity index (χ1v) is 15.0. The van der Waals surface area contributed by atoms with Crippen molar-refractivity contribution < 1.29 is 22.7 Å². The molecule has 9 nitrogen and oxygen atoms in total. The molecule has 3 aliphatic rings. The molecular formula is C32H38F3N7O2. The lowest BCUT2D eigenvalue weighted by atomic mass is 10.0. The van der Waals surface area contributed by atoms with E-state index < -0.39 is 17.6 Å². The Balaban J connectivity index is 1.21. The van der Waals surface area contributed by atoms with Gasteiger partial charge >= 0.3 is 6.18 Å². The number of nitrogens with one attached hydrogen (secondary N) is 3. The molecule has 2 bridgehead atoms. The van der Waals surface area contributed by atoms with E-state index in [0.29, 0.717) is 24.3 Å². The van der Waals surface area contributed by atoms with Crippen molar-refractivity contribution in [2.45, 2.75) is 25.1 Å². The monoisotopic (exact) mass is 609 g/mol.